The highest BCUT2D eigenvalue weighted by molar-refractivity contribution is 8.18. The molecule has 3 aromatic rings. The fourth-order valence-electron chi connectivity index (χ4n) is 3.32. The molecule has 1 aliphatic heterocycles. The standard InChI is InChI=1S/C25H20N2O6S/c1-2-15-6-8-18(9-7-15)26-22(28)14-27-23(29)21(34-25(27)32)13-19-10-11-20(33-19)16-4-3-5-17(12-16)24(30)31/h3-13H,2,14H2,1H3,(H,26,28)(H,30,31)/b21-13+. The summed E-state index contributed by atoms with van der Waals surface area (Å²) in [5.74, 6) is -1.38. The van der Waals surface area contributed by atoms with E-state index in [1.807, 2.05) is 19.1 Å². The van der Waals surface area contributed by atoms with Gasteiger partial charge >= 0.3 is 5.97 Å². The largest absolute Gasteiger partial charge is 0.478 e. The van der Waals surface area contributed by atoms with Crippen molar-refractivity contribution in [3.63, 3.8) is 0 Å². The Hall–Kier alpha value is -4.11. The number of rotatable bonds is 7. The molecule has 0 bridgehead atoms. The topological polar surface area (TPSA) is 117 Å². The Kier molecular flexibility index (Phi) is 6.65. The van der Waals surface area contributed by atoms with Gasteiger partial charge in [-0.15, -0.1) is 0 Å². The molecule has 172 valence electrons. The van der Waals surface area contributed by atoms with Gasteiger partial charge in [0.2, 0.25) is 5.91 Å². The van der Waals surface area contributed by atoms with E-state index in [9.17, 15) is 19.2 Å². The van der Waals surface area contributed by atoms with Crippen molar-refractivity contribution < 1.29 is 28.7 Å². The first-order valence-corrected chi connectivity index (χ1v) is 11.2. The lowest BCUT2D eigenvalue weighted by Crippen LogP contribution is -2.36. The molecule has 1 aromatic heterocycles. The fourth-order valence-corrected chi connectivity index (χ4v) is 4.14. The SMILES string of the molecule is CCc1ccc(NC(=O)CN2C(=O)S/C(=C/c3ccc(-c4cccc(C(=O)O)c4)o3)C2=O)cc1. The Morgan fingerprint density at radius 3 is 2.56 bits per heavy atom. The number of carbonyl (C=O) groups excluding carboxylic acids is 3. The number of furan rings is 1. The Morgan fingerprint density at radius 2 is 1.85 bits per heavy atom. The van der Waals surface area contributed by atoms with Crippen LogP contribution < -0.4 is 5.32 Å². The van der Waals surface area contributed by atoms with Crippen molar-refractivity contribution in [1.82, 2.24) is 4.90 Å². The number of nitrogens with one attached hydrogen (secondary N) is 1. The quantitative estimate of drug-likeness (QED) is 0.467. The second-order valence-electron chi connectivity index (χ2n) is 7.45. The van der Waals surface area contributed by atoms with Gasteiger partial charge < -0.3 is 14.8 Å². The Labute approximate surface area is 199 Å². The monoisotopic (exact) mass is 476 g/mol. The van der Waals surface area contributed by atoms with Crippen LogP contribution >= 0.6 is 11.8 Å². The molecule has 9 heteroatoms. The van der Waals surface area contributed by atoms with Crippen molar-refractivity contribution in [3.8, 4) is 11.3 Å². The highest BCUT2D eigenvalue weighted by Crippen LogP contribution is 2.33. The highest BCUT2D eigenvalue weighted by atomic mass is 32.2. The molecule has 0 saturated carbocycles. The highest BCUT2D eigenvalue weighted by Gasteiger charge is 2.36. The van der Waals surface area contributed by atoms with Crippen LogP contribution in [0.15, 0.2) is 70.0 Å². The van der Waals surface area contributed by atoms with E-state index in [4.69, 9.17) is 9.52 Å². The van der Waals surface area contributed by atoms with Gasteiger partial charge in [-0.3, -0.25) is 19.3 Å². The number of anilines is 1. The Bertz CT molecular complexity index is 1310. The van der Waals surface area contributed by atoms with Gasteiger partial charge in [0.25, 0.3) is 11.1 Å². The molecule has 1 fully saturated rings. The third-order valence-corrected chi connectivity index (χ3v) is 6.02. The molecule has 0 unspecified atom stereocenters. The summed E-state index contributed by atoms with van der Waals surface area (Å²) in [6.45, 7) is 1.63. The van der Waals surface area contributed by atoms with E-state index in [0.29, 0.717) is 22.8 Å². The number of hydrogen-bond acceptors (Lipinski definition) is 6. The predicted octanol–water partition coefficient (Wildman–Crippen LogP) is 4.88. The number of carbonyl (C=O) groups is 4. The van der Waals surface area contributed by atoms with Crippen LogP contribution in [0.5, 0.6) is 0 Å². The van der Waals surface area contributed by atoms with Crippen molar-refractivity contribution in [2.45, 2.75) is 13.3 Å². The van der Waals surface area contributed by atoms with Gasteiger partial charge in [-0.25, -0.2) is 4.79 Å². The average Bonchev–Trinajstić information content (AvgIpc) is 3.40. The number of imide groups is 1. The van der Waals surface area contributed by atoms with Crippen LogP contribution in [0, 0.1) is 0 Å². The number of amides is 3. The lowest BCUT2D eigenvalue weighted by molar-refractivity contribution is -0.127. The van der Waals surface area contributed by atoms with Crippen molar-refractivity contribution in [2.75, 3.05) is 11.9 Å². The zero-order valence-electron chi connectivity index (χ0n) is 18.1. The summed E-state index contributed by atoms with van der Waals surface area (Å²) in [5.41, 5.74) is 2.40. The molecule has 2 N–H and O–H groups in total. The molecule has 0 radical (unpaired) electrons. The van der Waals surface area contributed by atoms with Crippen LogP contribution in [0.3, 0.4) is 0 Å². The molecule has 3 amide bonds. The van der Waals surface area contributed by atoms with Gasteiger partial charge in [0.15, 0.2) is 0 Å². The van der Waals surface area contributed by atoms with Crippen molar-refractivity contribution >= 4 is 46.5 Å². The first kappa shape index (κ1) is 23.1. The van der Waals surface area contributed by atoms with Crippen LogP contribution in [0.4, 0.5) is 10.5 Å². The summed E-state index contributed by atoms with van der Waals surface area (Å²) in [6.07, 6.45) is 2.31. The minimum Gasteiger partial charge on any atom is -0.478 e. The number of aryl methyl sites for hydroxylation is 1. The normalized spacial score (nSPS) is 14.6. The van der Waals surface area contributed by atoms with E-state index in [1.165, 1.54) is 18.2 Å². The average molecular weight is 477 g/mol. The lowest BCUT2D eigenvalue weighted by Gasteiger charge is -2.12. The smallest absolute Gasteiger partial charge is 0.335 e. The maximum Gasteiger partial charge on any atom is 0.335 e. The third kappa shape index (κ3) is 5.10. The van der Waals surface area contributed by atoms with Gasteiger partial charge in [0.1, 0.15) is 18.1 Å². The number of carboxylic acid groups (broad SMARTS) is 1. The molecule has 1 aliphatic rings. The number of thioether (sulfide) groups is 1. The summed E-state index contributed by atoms with van der Waals surface area (Å²) in [4.78, 5) is 49.6. The van der Waals surface area contributed by atoms with Crippen LogP contribution in [0.2, 0.25) is 0 Å². The van der Waals surface area contributed by atoms with E-state index in [0.717, 1.165) is 28.6 Å². The minimum absolute atomic E-state index is 0.121. The molecular weight excluding hydrogens is 456 g/mol. The van der Waals surface area contributed by atoms with Gasteiger partial charge in [-0.05, 0) is 60.1 Å². The second kappa shape index (κ2) is 9.80. The van der Waals surface area contributed by atoms with Crippen LogP contribution in [0.25, 0.3) is 17.4 Å². The summed E-state index contributed by atoms with van der Waals surface area (Å²) >= 11 is 0.722. The maximum absolute atomic E-state index is 12.7. The molecule has 0 aliphatic carbocycles. The van der Waals surface area contributed by atoms with Crippen LogP contribution in [-0.4, -0.2) is 39.6 Å². The Balaban J connectivity index is 1.44. The van der Waals surface area contributed by atoms with E-state index < -0.39 is 29.6 Å². The fraction of sp³-hybridized carbons (Fsp3) is 0.120. The van der Waals surface area contributed by atoms with E-state index in [-0.39, 0.29) is 10.5 Å². The van der Waals surface area contributed by atoms with Crippen LogP contribution in [-0.2, 0) is 16.0 Å². The van der Waals surface area contributed by atoms with Gasteiger partial charge in [0.05, 0.1) is 10.5 Å². The van der Waals surface area contributed by atoms with Crippen molar-refractivity contribution in [1.29, 1.82) is 0 Å². The molecule has 2 aromatic carbocycles. The van der Waals surface area contributed by atoms with Crippen molar-refractivity contribution in [3.05, 3.63) is 82.5 Å². The molecule has 2 heterocycles. The van der Waals surface area contributed by atoms with Crippen LogP contribution in [0.1, 0.15) is 28.6 Å². The zero-order valence-corrected chi connectivity index (χ0v) is 18.9. The molecule has 0 atom stereocenters. The number of nitrogens with zero attached hydrogens (tertiary/aromatic N) is 1. The zero-order chi connectivity index (χ0) is 24.2. The van der Waals surface area contributed by atoms with Crippen molar-refractivity contribution in [2.24, 2.45) is 0 Å². The molecule has 4 rings (SSSR count). The molecule has 0 spiro atoms. The van der Waals surface area contributed by atoms with E-state index in [1.54, 1.807) is 36.4 Å². The number of aromatic carboxylic acids is 1. The number of benzene rings is 2. The Morgan fingerprint density at radius 1 is 1.09 bits per heavy atom. The third-order valence-electron chi connectivity index (χ3n) is 5.12. The summed E-state index contributed by atoms with van der Waals surface area (Å²) in [5, 5.41) is 11.3. The van der Waals surface area contributed by atoms with E-state index >= 15 is 0 Å². The first-order chi connectivity index (χ1) is 16.3. The van der Waals surface area contributed by atoms with E-state index in [2.05, 4.69) is 5.32 Å². The minimum atomic E-state index is -1.05. The first-order valence-electron chi connectivity index (χ1n) is 10.4. The molecule has 34 heavy (non-hydrogen) atoms. The maximum atomic E-state index is 12.7. The number of carboxylic acids is 1. The predicted molar refractivity (Wildman–Crippen MR) is 128 cm³/mol. The van der Waals surface area contributed by atoms with Gasteiger partial charge in [0, 0.05) is 17.3 Å². The summed E-state index contributed by atoms with van der Waals surface area (Å²) < 4.78 is 5.72. The number of hydrogen-bond donors (Lipinski definition) is 2. The summed E-state index contributed by atoms with van der Waals surface area (Å²) in [6, 6.07) is 16.9. The molecule has 1 saturated heterocycles. The van der Waals surface area contributed by atoms with Gasteiger partial charge in [-0.1, -0.05) is 31.2 Å². The molecule has 8 nitrogen and oxygen atoms in total. The summed E-state index contributed by atoms with van der Waals surface area (Å²) in [7, 11) is 0. The lowest BCUT2D eigenvalue weighted by atomic mass is 10.1. The second-order valence-corrected chi connectivity index (χ2v) is 8.45. The molecular formula is C25H20N2O6S. The van der Waals surface area contributed by atoms with Gasteiger partial charge in [-0.2, -0.15) is 0 Å².